The summed E-state index contributed by atoms with van der Waals surface area (Å²) in [6.45, 7) is 0. The molecular formula is C29H30N4O2. The summed E-state index contributed by atoms with van der Waals surface area (Å²) < 4.78 is 0. The van der Waals surface area contributed by atoms with Crippen LogP contribution in [0.2, 0.25) is 0 Å². The van der Waals surface area contributed by atoms with Crippen molar-refractivity contribution in [3.05, 3.63) is 78.4 Å². The van der Waals surface area contributed by atoms with Gasteiger partial charge in [0.25, 0.3) is 5.91 Å². The van der Waals surface area contributed by atoms with E-state index < -0.39 is 0 Å². The van der Waals surface area contributed by atoms with Crippen LogP contribution in [0.15, 0.2) is 72.8 Å². The zero-order chi connectivity index (χ0) is 24.0. The summed E-state index contributed by atoms with van der Waals surface area (Å²) in [7, 11) is 0. The minimum atomic E-state index is -0.143. The third-order valence-electron chi connectivity index (χ3n) is 6.68. The van der Waals surface area contributed by atoms with Crippen LogP contribution in [0.25, 0.3) is 22.4 Å². The molecular weight excluding hydrogens is 436 g/mol. The maximum Gasteiger partial charge on any atom is 0.255 e. The molecule has 0 spiro atoms. The van der Waals surface area contributed by atoms with Crippen molar-refractivity contribution in [1.82, 2.24) is 9.97 Å². The number of benzene rings is 3. The highest BCUT2D eigenvalue weighted by Crippen LogP contribution is 2.26. The Hall–Kier alpha value is -3.93. The number of aromatic nitrogens is 2. The van der Waals surface area contributed by atoms with Gasteiger partial charge in [-0.25, -0.2) is 4.98 Å². The van der Waals surface area contributed by atoms with Gasteiger partial charge in [0.05, 0.1) is 11.0 Å². The molecule has 1 heterocycles. The molecule has 1 aliphatic carbocycles. The van der Waals surface area contributed by atoms with Crippen molar-refractivity contribution in [1.29, 1.82) is 0 Å². The van der Waals surface area contributed by atoms with Crippen molar-refractivity contribution in [3.63, 3.8) is 0 Å². The number of nitrogens with zero attached hydrogens (tertiary/aromatic N) is 1. The van der Waals surface area contributed by atoms with Crippen LogP contribution in [0, 0.1) is 5.92 Å². The molecule has 3 N–H and O–H groups in total. The summed E-state index contributed by atoms with van der Waals surface area (Å²) in [5.74, 6) is 0.823. The summed E-state index contributed by atoms with van der Waals surface area (Å²) in [6, 6.07) is 22.5. The lowest BCUT2D eigenvalue weighted by molar-refractivity contribution is -0.120. The first-order valence-electron chi connectivity index (χ1n) is 12.4. The molecule has 3 aromatic carbocycles. The average molecular weight is 467 g/mol. The SMILES string of the molecule is O=C(Nc1ccc(-c2nc3ccc(NC(=O)C4CCCCCCC4)cc3[nH]2)cc1)c1ccccc1. The highest BCUT2D eigenvalue weighted by molar-refractivity contribution is 6.04. The number of hydrogen-bond donors (Lipinski definition) is 3. The van der Waals surface area contributed by atoms with Crippen LogP contribution >= 0.6 is 0 Å². The molecule has 178 valence electrons. The van der Waals surface area contributed by atoms with Gasteiger partial charge in [0.2, 0.25) is 5.91 Å². The molecule has 0 bridgehead atoms. The second kappa shape index (κ2) is 10.6. The van der Waals surface area contributed by atoms with E-state index in [0.717, 1.165) is 59.5 Å². The van der Waals surface area contributed by atoms with Gasteiger partial charge in [0, 0.05) is 28.4 Å². The van der Waals surface area contributed by atoms with Crippen molar-refractivity contribution in [2.75, 3.05) is 10.6 Å². The van der Waals surface area contributed by atoms with Gasteiger partial charge in [0.15, 0.2) is 0 Å². The third kappa shape index (κ3) is 5.60. The first kappa shape index (κ1) is 22.8. The monoisotopic (exact) mass is 466 g/mol. The van der Waals surface area contributed by atoms with Gasteiger partial charge in [-0.1, -0.05) is 50.3 Å². The number of nitrogens with one attached hydrogen (secondary N) is 3. The molecule has 1 aliphatic rings. The quantitative estimate of drug-likeness (QED) is 0.303. The Kier molecular flexibility index (Phi) is 6.89. The smallest absolute Gasteiger partial charge is 0.255 e. The molecule has 0 aliphatic heterocycles. The minimum absolute atomic E-state index is 0.101. The van der Waals surface area contributed by atoms with Crippen molar-refractivity contribution in [2.24, 2.45) is 5.92 Å². The normalized spacial score (nSPS) is 14.7. The van der Waals surface area contributed by atoms with E-state index in [4.69, 9.17) is 4.98 Å². The predicted molar refractivity (Wildman–Crippen MR) is 140 cm³/mol. The van der Waals surface area contributed by atoms with E-state index in [1.165, 1.54) is 19.3 Å². The number of rotatable bonds is 5. The fourth-order valence-electron chi connectivity index (χ4n) is 4.69. The number of imidazole rings is 1. The van der Waals surface area contributed by atoms with Crippen LogP contribution in [0.1, 0.15) is 55.3 Å². The fraction of sp³-hybridized carbons (Fsp3) is 0.276. The van der Waals surface area contributed by atoms with Gasteiger partial charge in [-0.15, -0.1) is 0 Å². The Bertz CT molecular complexity index is 1300. The number of hydrogen-bond acceptors (Lipinski definition) is 3. The Morgan fingerprint density at radius 3 is 2.20 bits per heavy atom. The van der Waals surface area contributed by atoms with Crippen LogP contribution in [0.3, 0.4) is 0 Å². The second-order valence-electron chi connectivity index (χ2n) is 9.25. The summed E-state index contributed by atoms with van der Waals surface area (Å²) in [5, 5.41) is 6.03. The van der Waals surface area contributed by atoms with Crippen LogP contribution in [-0.2, 0) is 4.79 Å². The highest BCUT2D eigenvalue weighted by atomic mass is 16.2. The second-order valence-corrected chi connectivity index (χ2v) is 9.25. The lowest BCUT2D eigenvalue weighted by Gasteiger charge is -2.19. The first-order chi connectivity index (χ1) is 17.2. The van der Waals surface area contributed by atoms with Crippen LogP contribution in [0.4, 0.5) is 11.4 Å². The Morgan fingerprint density at radius 2 is 1.46 bits per heavy atom. The number of carbonyl (C=O) groups excluding carboxylic acids is 2. The van der Waals surface area contributed by atoms with Crippen molar-refractivity contribution >= 4 is 34.2 Å². The van der Waals surface area contributed by atoms with E-state index in [9.17, 15) is 9.59 Å². The summed E-state index contributed by atoms with van der Waals surface area (Å²) >= 11 is 0. The zero-order valence-electron chi connectivity index (χ0n) is 19.7. The maximum atomic E-state index is 12.8. The first-order valence-corrected chi connectivity index (χ1v) is 12.4. The maximum absolute atomic E-state index is 12.8. The van der Waals surface area contributed by atoms with Crippen LogP contribution < -0.4 is 10.6 Å². The fourth-order valence-corrected chi connectivity index (χ4v) is 4.69. The average Bonchev–Trinajstić information content (AvgIpc) is 3.28. The van der Waals surface area contributed by atoms with Crippen molar-refractivity contribution in [3.8, 4) is 11.4 Å². The Morgan fingerprint density at radius 1 is 0.771 bits per heavy atom. The lowest BCUT2D eigenvalue weighted by atomic mass is 9.90. The topological polar surface area (TPSA) is 86.9 Å². The van der Waals surface area contributed by atoms with Gasteiger partial charge in [-0.3, -0.25) is 9.59 Å². The molecule has 6 heteroatoms. The molecule has 0 radical (unpaired) electrons. The summed E-state index contributed by atoms with van der Waals surface area (Å²) in [4.78, 5) is 33.3. The van der Waals surface area contributed by atoms with E-state index in [-0.39, 0.29) is 17.7 Å². The summed E-state index contributed by atoms with van der Waals surface area (Å²) in [5.41, 5.74) is 4.75. The number of aromatic amines is 1. The summed E-state index contributed by atoms with van der Waals surface area (Å²) in [6.07, 6.45) is 7.97. The molecule has 2 amide bonds. The van der Waals surface area contributed by atoms with Gasteiger partial charge < -0.3 is 15.6 Å². The van der Waals surface area contributed by atoms with Crippen molar-refractivity contribution < 1.29 is 9.59 Å². The molecule has 1 aromatic heterocycles. The standard InChI is InChI=1S/C29H30N4O2/c34-28(21-11-7-4-8-12-21)30-23-15-13-20(14-16-23)27-32-25-18-17-24(19-26(25)33-27)31-29(35)22-9-5-2-1-3-6-10-22/h4,7-8,11-19,22H,1-3,5-6,9-10H2,(H,30,34)(H,31,35)(H,32,33). The highest BCUT2D eigenvalue weighted by Gasteiger charge is 2.19. The van der Waals surface area contributed by atoms with Gasteiger partial charge >= 0.3 is 0 Å². The van der Waals surface area contributed by atoms with E-state index in [0.29, 0.717) is 5.56 Å². The van der Waals surface area contributed by atoms with E-state index in [2.05, 4.69) is 15.6 Å². The van der Waals surface area contributed by atoms with Crippen molar-refractivity contribution in [2.45, 2.75) is 44.9 Å². The molecule has 1 fully saturated rings. The molecule has 4 aromatic rings. The molecule has 6 nitrogen and oxygen atoms in total. The molecule has 35 heavy (non-hydrogen) atoms. The van der Waals surface area contributed by atoms with Gasteiger partial charge in [0.1, 0.15) is 5.82 Å². The number of amides is 2. The molecule has 0 saturated heterocycles. The zero-order valence-corrected chi connectivity index (χ0v) is 19.7. The molecule has 0 unspecified atom stereocenters. The predicted octanol–water partition coefficient (Wildman–Crippen LogP) is 6.78. The largest absolute Gasteiger partial charge is 0.338 e. The minimum Gasteiger partial charge on any atom is -0.338 e. The van der Waals surface area contributed by atoms with Crippen LogP contribution in [0.5, 0.6) is 0 Å². The van der Waals surface area contributed by atoms with Crippen LogP contribution in [-0.4, -0.2) is 21.8 Å². The third-order valence-corrected chi connectivity index (χ3v) is 6.68. The number of carbonyl (C=O) groups is 2. The van der Waals surface area contributed by atoms with Gasteiger partial charge in [-0.2, -0.15) is 0 Å². The lowest BCUT2D eigenvalue weighted by Crippen LogP contribution is -2.23. The van der Waals surface area contributed by atoms with Gasteiger partial charge in [-0.05, 0) is 67.4 Å². The number of H-pyrrole nitrogens is 1. The van der Waals surface area contributed by atoms with E-state index >= 15 is 0 Å². The Labute approximate surface area is 205 Å². The molecule has 0 atom stereocenters. The molecule has 5 rings (SSSR count). The van der Waals surface area contributed by atoms with E-state index in [1.807, 2.05) is 60.7 Å². The number of fused-ring (bicyclic) bond motifs is 1. The molecule has 1 saturated carbocycles. The number of anilines is 2. The Balaban J connectivity index is 1.26. The van der Waals surface area contributed by atoms with E-state index in [1.54, 1.807) is 12.1 Å².